The van der Waals surface area contributed by atoms with Gasteiger partial charge >= 0.3 is 0 Å². The molecule has 150 valence electrons. The molecule has 2 heteroatoms. The first-order valence-corrected chi connectivity index (χ1v) is 10.6. The zero-order chi connectivity index (χ0) is 20.6. The van der Waals surface area contributed by atoms with Crippen molar-refractivity contribution in [3.8, 4) is 23.7 Å². The van der Waals surface area contributed by atoms with Crippen LogP contribution >= 0.6 is 0 Å². The van der Waals surface area contributed by atoms with Crippen molar-refractivity contribution in [3.05, 3.63) is 70.3 Å². The van der Waals surface area contributed by atoms with Crippen LogP contribution in [0.1, 0.15) is 80.0 Å². The van der Waals surface area contributed by atoms with Crippen molar-refractivity contribution in [2.24, 2.45) is 5.92 Å². The van der Waals surface area contributed by atoms with Gasteiger partial charge in [-0.25, -0.2) is 8.78 Å². The molecule has 0 heterocycles. The molecule has 2 aromatic rings. The van der Waals surface area contributed by atoms with Gasteiger partial charge in [0, 0.05) is 29.5 Å². The highest BCUT2D eigenvalue weighted by molar-refractivity contribution is 5.45. The molecule has 1 aliphatic carbocycles. The van der Waals surface area contributed by atoms with Gasteiger partial charge in [-0.15, -0.1) is 11.8 Å². The fourth-order valence-corrected chi connectivity index (χ4v) is 3.83. The number of halogens is 2. The molecule has 3 rings (SSSR count). The van der Waals surface area contributed by atoms with E-state index in [0.717, 1.165) is 30.7 Å². The van der Waals surface area contributed by atoms with Crippen molar-refractivity contribution in [2.75, 3.05) is 0 Å². The van der Waals surface area contributed by atoms with Crippen LogP contribution in [0.15, 0.2) is 36.4 Å². The topological polar surface area (TPSA) is 0 Å². The third-order valence-electron chi connectivity index (χ3n) is 5.75. The van der Waals surface area contributed by atoms with Gasteiger partial charge in [-0.1, -0.05) is 30.9 Å². The van der Waals surface area contributed by atoms with Crippen LogP contribution in [0.25, 0.3) is 0 Å². The van der Waals surface area contributed by atoms with E-state index in [1.54, 1.807) is 0 Å². The molecule has 1 aliphatic rings. The van der Waals surface area contributed by atoms with Crippen LogP contribution < -0.4 is 0 Å². The first kappa shape index (κ1) is 21.1. The maximum atomic E-state index is 13.6. The minimum absolute atomic E-state index is 0.0302. The van der Waals surface area contributed by atoms with E-state index >= 15 is 0 Å². The van der Waals surface area contributed by atoms with Gasteiger partial charge in [0.15, 0.2) is 0 Å². The lowest BCUT2D eigenvalue weighted by Crippen LogP contribution is -2.12. The summed E-state index contributed by atoms with van der Waals surface area (Å²) < 4.78 is 27.3. The summed E-state index contributed by atoms with van der Waals surface area (Å²) in [6.45, 7) is 3.59. The fraction of sp³-hybridized carbons (Fsp3) is 0.407. The van der Waals surface area contributed by atoms with Gasteiger partial charge < -0.3 is 0 Å². The Morgan fingerprint density at radius 2 is 1.48 bits per heavy atom. The van der Waals surface area contributed by atoms with E-state index in [9.17, 15) is 8.78 Å². The Kier molecular flexibility index (Phi) is 7.48. The van der Waals surface area contributed by atoms with Gasteiger partial charge in [0.2, 0.25) is 0 Å². The van der Waals surface area contributed by atoms with Gasteiger partial charge in [0.05, 0.1) is 0 Å². The molecule has 2 aromatic carbocycles. The van der Waals surface area contributed by atoms with Crippen molar-refractivity contribution in [2.45, 2.75) is 64.7 Å². The quantitative estimate of drug-likeness (QED) is 0.489. The van der Waals surface area contributed by atoms with E-state index in [2.05, 4.69) is 42.7 Å². The summed E-state index contributed by atoms with van der Waals surface area (Å²) >= 11 is 0. The monoisotopic (exact) mass is 390 g/mol. The highest BCUT2D eigenvalue weighted by Gasteiger charge is 2.21. The molecule has 0 bridgehead atoms. The molecule has 1 fully saturated rings. The summed E-state index contributed by atoms with van der Waals surface area (Å²) in [5, 5.41) is 0. The molecule has 0 N–H and O–H groups in total. The van der Waals surface area contributed by atoms with Gasteiger partial charge in [0.25, 0.3) is 0 Å². The maximum absolute atomic E-state index is 13.6. The lowest BCUT2D eigenvalue weighted by atomic mass is 9.77. The van der Waals surface area contributed by atoms with E-state index in [1.807, 2.05) is 12.1 Å². The SMILES string of the molecule is CCCC#CCC1CCC(c2ccc(C#Cc3cc(F)c(C)c(F)c3)cc2)CC1. The Labute approximate surface area is 173 Å². The van der Waals surface area contributed by atoms with E-state index in [4.69, 9.17) is 0 Å². The molecule has 0 nitrogen and oxygen atoms in total. The zero-order valence-electron chi connectivity index (χ0n) is 17.3. The number of hydrogen-bond donors (Lipinski definition) is 0. The number of rotatable bonds is 3. The molecule has 0 aromatic heterocycles. The Bertz CT molecular complexity index is 917. The van der Waals surface area contributed by atoms with Gasteiger partial charge in [0.1, 0.15) is 11.6 Å². The Hall–Kier alpha value is -2.58. The third-order valence-corrected chi connectivity index (χ3v) is 5.75. The van der Waals surface area contributed by atoms with Crippen LogP contribution in [0.2, 0.25) is 0 Å². The summed E-state index contributed by atoms with van der Waals surface area (Å²) in [5.41, 5.74) is 2.60. The third kappa shape index (κ3) is 5.95. The summed E-state index contributed by atoms with van der Waals surface area (Å²) in [6.07, 6.45) is 8.12. The normalized spacial score (nSPS) is 18.3. The molecule has 1 saturated carbocycles. The molecule has 0 saturated heterocycles. The van der Waals surface area contributed by atoms with Crippen LogP contribution in [-0.4, -0.2) is 0 Å². The maximum Gasteiger partial charge on any atom is 0.130 e. The second-order valence-electron chi connectivity index (χ2n) is 7.96. The minimum atomic E-state index is -0.559. The van der Waals surface area contributed by atoms with Gasteiger partial charge in [-0.05, 0) is 80.7 Å². The second-order valence-corrected chi connectivity index (χ2v) is 7.96. The molecule has 0 radical (unpaired) electrons. The van der Waals surface area contributed by atoms with Crippen molar-refractivity contribution in [1.29, 1.82) is 0 Å². The van der Waals surface area contributed by atoms with Crippen LogP contribution in [-0.2, 0) is 0 Å². The molecular weight excluding hydrogens is 362 g/mol. The molecule has 0 amide bonds. The van der Waals surface area contributed by atoms with Crippen LogP contribution in [0.5, 0.6) is 0 Å². The van der Waals surface area contributed by atoms with Crippen molar-refractivity contribution in [1.82, 2.24) is 0 Å². The lowest BCUT2D eigenvalue weighted by Gasteiger charge is -2.27. The van der Waals surface area contributed by atoms with Crippen molar-refractivity contribution in [3.63, 3.8) is 0 Å². The molecule has 29 heavy (non-hydrogen) atoms. The van der Waals surface area contributed by atoms with E-state index < -0.39 is 11.6 Å². The summed E-state index contributed by atoms with van der Waals surface area (Å²) in [6, 6.07) is 10.9. The summed E-state index contributed by atoms with van der Waals surface area (Å²) in [7, 11) is 0. The highest BCUT2D eigenvalue weighted by atomic mass is 19.1. The minimum Gasteiger partial charge on any atom is -0.207 e. The van der Waals surface area contributed by atoms with E-state index in [1.165, 1.54) is 50.3 Å². The lowest BCUT2D eigenvalue weighted by molar-refractivity contribution is 0.331. The van der Waals surface area contributed by atoms with E-state index in [0.29, 0.717) is 11.5 Å². The van der Waals surface area contributed by atoms with Crippen LogP contribution in [0.3, 0.4) is 0 Å². The molecule has 0 atom stereocenters. The first-order chi connectivity index (χ1) is 14.1. The Morgan fingerprint density at radius 3 is 2.10 bits per heavy atom. The molecular formula is C27H28F2. The highest BCUT2D eigenvalue weighted by Crippen LogP contribution is 2.36. The van der Waals surface area contributed by atoms with Gasteiger partial charge in [-0.3, -0.25) is 0 Å². The first-order valence-electron chi connectivity index (χ1n) is 10.6. The molecule has 0 unspecified atom stereocenters. The Balaban J connectivity index is 1.57. The number of unbranched alkanes of at least 4 members (excludes halogenated alkanes) is 1. The Morgan fingerprint density at radius 1 is 0.862 bits per heavy atom. The van der Waals surface area contributed by atoms with Crippen LogP contribution in [0, 0.1) is 48.2 Å². The standard InChI is InChI=1S/C27H28F2/c1-3-4-5-6-7-21-10-14-24(15-11-21)25-16-12-22(13-17-25)8-9-23-18-26(28)20(2)27(29)19-23/h12-13,16-19,21,24H,3-4,7,10-11,14-15H2,1-2H3. The van der Waals surface area contributed by atoms with Gasteiger partial charge in [-0.2, -0.15) is 0 Å². The van der Waals surface area contributed by atoms with Crippen LogP contribution in [0.4, 0.5) is 8.78 Å². The molecule has 0 spiro atoms. The fourth-order valence-electron chi connectivity index (χ4n) is 3.83. The smallest absolute Gasteiger partial charge is 0.130 e. The number of hydrogen-bond acceptors (Lipinski definition) is 0. The predicted molar refractivity (Wildman–Crippen MR) is 116 cm³/mol. The second kappa shape index (κ2) is 10.3. The van der Waals surface area contributed by atoms with E-state index in [-0.39, 0.29) is 5.56 Å². The summed E-state index contributed by atoms with van der Waals surface area (Å²) in [5.74, 6) is 12.7. The zero-order valence-corrected chi connectivity index (χ0v) is 17.3. The average molecular weight is 391 g/mol. The largest absolute Gasteiger partial charge is 0.207 e. The average Bonchev–Trinajstić information content (AvgIpc) is 2.74. The summed E-state index contributed by atoms with van der Waals surface area (Å²) in [4.78, 5) is 0. The van der Waals surface area contributed by atoms with Crippen molar-refractivity contribution >= 4 is 0 Å². The predicted octanol–water partition coefficient (Wildman–Crippen LogP) is 7.14. The number of benzene rings is 2. The molecule has 0 aliphatic heterocycles. The van der Waals surface area contributed by atoms with Crippen molar-refractivity contribution < 1.29 is 8.78 Å².